The molecule has 2 saturated heterocycles. The van der Waals surface area contributed by atoms with Crippen LogP contribution in [0.1, 0.15) is 19.3 Å². The zero-order valence-electron chi connectivity index (χ0n) is 12.4. The average molecular weight is 381 g/mol. The predicted molar refractivity (Wildman–Crippen MR) is 87.0 cm³/mol. The molecule has 2 heterocycles. The number of carboxylic acids is 1. The van der Waals surface area contributed by atoms with Crippen LogP contribution < -0.4 is 4.90 Å². The lowest BCUT2D eigenvalue weighted by Crippen LogP contribution is -2.45. The number of carboxylic acid groups (broad SMARTS) is 1. The van der Waals surface area contributed by atoms with Crippen molar-refractivity contribution in [2.75, 3.05) is 18.0 Å². The summed E-state index contributed by atoms with van der Waals surface area (Å²) in [6.45, 7) is 0.883. The number of likely N-dealkylation sites (tertiary alicyclic amines) is 1. The molecule has 0 radical (unpaired) electrons. The van der Waals surface area contributed by atoms with E-state index in [4.69, 9.17) is 0 Å². The number of amides is 2. The summed E-state index contributed by atoms with van der Waals surface area (Å²) in [5.41, 5.74) is 0.746. The van der Waals surface area contributed by atoms with Gasteiger partial charge >= 0.3 is 5.97 Å². The van der Waals surface area contributed by atoms with Gasteiger partial charge in [0.15, 0.2) is 0 Å². The van der Waals surface area contributed by atoms with Gasteiger partial charge in [0.25, 0.3) is 0 Å². The van der Waals surface area contributed by atoms with Crippen molar-refractivity contribution < 1.29 is 19.5 Å². The third-order valence-corrected chi connectivity index (χ3v) is 4.94. The standard InChI is InChI=1S/C16H17BrN2O4/c17-10-3-1-4-11(9-10)18-8-6-12(14(18)20)15(21)19-7-2-5-13(19)16(22)23/h1,3-4,9,12-13H,2,5-8H2,(H,22,23)/t12?,13-/m1/s1. The Balaban J connectivity index is 1.76. The molecule has 0 spiro atoms. The molecule has 0 aromatic heterocycles. The lowest BCUT2D eigenvalue weighted by molar-refractivity contribution is -0.151. The molecule has 7 heteroatoms. The molecular weight excluding hydrogens is 364 g/mol. The Morgan fingerprint density at radius 2 is 2.00 bits per heavy atom. The van der Waals surface area contributed by atoms with Crippen molar-refractivity contribution in [3.8, 4) is 0 Å². The number of rotatable bonds is 3. The molecule has 0 bridgehead atoms. The van der Waals surface area contributed by atoms with Crippen LogP contribution in [0.4, 0.5) is 5.69 Å². The van der Waals surface area contributed by atoms with E-state index in [1.165, 1.54) is 4.90 Å². The normalized spacial score (nSPS) is 24.3. The predicted octanol–water partition coefficient (Wildman–Crippen LogP) is 1.88. The van der Waals surface area contributed by atoms with Crippen LogP contribution in [-0.4, -0.2) is 46.9 Å². The largest absolute Gasteiger partial charge is 0.480 e. The quantitative estimate of drug-likeness (QED) is 0.812. The maximum Gasteiger partial charge on any atom is 0.326 e. The van der Waals surface area contributed by atoms with E-state index in [9.17, 15) is 19.5 Å². The summed E-state index contributed by atoms with van der Waals surface area (Å²) in [7, 11) is 0. The maximum absolute atomic E-state index is 12.6. The molecule has 1 N–H and O–H groups in total. The van der Waals surface area contributed by atoms with Gasteiger partial charge in [0.2, 0.25) is 11.8 Å². The molecular formula is C16H17BrN2O4. The number of anilines is 1. The highest BCUT2D eigenvalue weighted by molar-refractivity contribution is 9.10. The van der Waals surface area contributed by atoms with Gasteiger partial charge in [-0.05, 0) is 37.5 Å². The Labute approximate surface area is 142 Å². The number of benzene rings is 1. The van der Waals surface area contributed by atoms with Gasteiger partial charge in [-0.3, -0.25) is 9.59 Å². The van der Waals surface area contributed by atoms with Crippen LogP contribution in [0.5, 0.6) is 0 Å². The highest BCUT2D eigenvalue weighted by Crippen LogP contribution is 2.30. The fourth-order valence-corrected chi connectivity index (χ4v) is 3.68. The number of nitrogens with zero attached hydrogens (tertiary/aromatic N) is 2. The number of aliphatic carboxylic acids is 1. The number of hydrogen-bond donors (Lipinski definition) is 1. The van der Waals surface area contributed by atoms with Crippen molar-refractivity contribution >= 4 is 39.4 Å². The second kappa shape index (κ2) is 6.31. The van der Waals surface area contributed by atoms with Crippen LogP contribution in [-0.2, 0) is 14.4 Å². The highest BCUT2D eigenvalue weighted by Gasteiger charge is 2.44. The molecule has 23 heavy (non-hydrogen) atoms. The van der Waals surface area contributed by atoms with Gasteiger partial charge in [0.1, 0.15) is 12.0 Å². The SMILES string of the molecule is O=C(O)[C@H]1CCCN1C(=O)C1CCN(c2cccc(Br)c2)C1=O. The first-order valence-corrected chi connectivity index (χ1v) is 8.38. The second-order valence-corrected chi connectivity index (χ2v) is 6.75. The van der Waals surface area contributed by atoms with Crippen molar-refractivity contribution in [3.05, 3.63) is 28.7 Å². The Kier molecular flexibility index (Phi) is 4.39. The lowest BCUT2D eigenvalue weighted by Gasteiger charge is -2.24. The van der Waals surface area contributed by atoms with E-state index >= 15 is 0 Å². The molecule has 6 nitrogen and oxygen atoms in total. The molecule has 1 aromatic rings. The first-order chi connectivity index (χ1) is 11.0. The minimum atomic E-state index is -0.995. The third kappa shape index (κ3) is 2.97. The molecule has 3 rings (SSSR count). The summed E-state index contributed by atoms with van der Waals surface area (Å²) in [5.74, 6) is -2.36. The maximum atomic E-state index is 12.6. The van der Waals surface area contributed by atoms with E-state index in [0.29, 0.717) is 32.4 Å². The fraction of sp³-hybridized carbons (Fsp3) is 0.438. The molecule has 1 unspecified atom stereocenters. The summed E-state index contributed by atoms with van der Waals surface area (Å²) in [6.07, 6.45) is 1.54. The number of carbonyl (C=O) groups is 3. The van der Waals surface area contributed by atoms with Gasteiger partial charge in [0.05, 0.1) is 0 Å². The first kappa shape index (κ1) is 16.0. The zero-order valence-corrected chi connectivity index (χ0v) is 14.0. The van der Waals surface area contributed by atoms with Crippen LogP contribution >= 0.6 is 15.9 Å². The van der Waals surface area contributed by atoms with E-state index in [1.807, 2.05) is 24.3 Å². The zero-order chi connectivity index (χ0) is 16.6. The van der Waals surface area contributed by atoms with Gasteiger partial charge in [0, 0.05) is 23.2 Å². The van der Waals surface area contributed by atoms with Crippen molar-refractivity contribution in [2.24, 2.45) is 5.92 Å². The van der Waals surface area contributed by atoms with Crippen molar-refractivity contribution in [3.63, 3.8) is 0 Å². The van der Waals surface area contributed by atoms with E-state index in [-0.39, 0.29) is 11.8 Å². The highest BCUT2D eigenvalue weighted by atomic mass is 79.9. The summed E-state index contributed by atoms with van der Waals surface area (Å²) in [5, 5.41) is 9.21. The number of hydrogen-bond acceptors (Lipinski definition) is 3. The third-order valence-electron chi connectivity index (χ3n) is 4.44. The average Bonchev–Trinajstić information content (AvgIpc) is 3.13. The number of halogens is 1. The fourth-order valence-electron chi connectivity index (χ4n) is 3.30. The van der Waals surface area contributed by atoms with Gasteiger partial charge in [-0.15, -0.1) is 0 Å². The Morgan fingerprint density at radius 3 is 2.70 bits per heavy atom. The molecule has 122 valence electrons. The molecule has 2 amide bonds. The summed E-state index contributed by atoms with van der Waals surface area (Å²) in [4.78, 5) is 39.4. The lowest BCUT2D eigenvalue weighted by atomic mass is 10.1. The van der Waals surface area contributed by atoms with Crippen LogP contribution in [0, 0.1) is 5.92 Å². The van der Waals surface area contributed by atoms with E-state index in [2.05, 4.69) is 15.9 Å². The molecule has 2 aliphatic heterocycles. The Morgan fingerprint density at radius 1 is 1.22 bits per heavy atom. The van der Waals surface area contributed by atoms with Crippen molar-refractivity contribution in [2.45, 2.75) is 25.3 Å². The molecule has 2 fully saturated rings. The minimum Gasteiger partial charge on any atom is -0.480 e. The summed E-state index contributed by atoms with van der Waals surface area (Å²) >= 11 is 3.37. The topological polar surface area (TPSA) is 77.9 Å². The molecule has 1 aromatic carbocycles. The molecule has 2 aliphatic rings. The Bertz CT molecular complexity index is 663. The van der Waals surface area contributed by atoms with Crippen LogP contribution in [0.2, 0.25) is 0 Å². The van der Waals surface area contributed by atoms with Crippen LogP contribution in [0.25, 0.3) is 0 Å². The van der Waals surface area contributed by atoms with Crippen LogP contribution in [0.15, 0.2) is 28.7 Å². The second-order valence-electron chi connectivity index (χ2n) is 5.84. The van der Waals surface area contributed by atoms with Gasteiger partial charge < -0.3 is 14.9 Å². The molecule has 0 aliphatic carbocycles. The molecule has 2 atom stereocenters. The van der Waals surface area contributed by atoms with Crippen molar-refractivity contribution in [1.82, 2.24) is 4.90 Å². The Hall–Kier alpha value is -1.89. The van der Waals surface area contributed by atoms with Gasteiger partial charge in [-0.25, -0.2) is 4.79 Å². The van der Waals surface area contributed by atoms with Gasteiger partial charge in [-0.2, -0.15) is 0 Å². The van der Waals surface area contributed by atoms with E-state index in [0.717, 1.165) is 10.2 Å². The van der Waals surface area contributed by atoms with Crippen LogP contribution in [0.3, 0.4) is 0 Å². The van der Waals surface area contributed by atoms with Crippen molar-refractivity contribution in [1.29, 1.82) is 0 Å². The monoisotopic (exact) mass is 380 g/mol. The van der Waals surface area contributed by atoms with E-state index in [1.54, 1.807) is 4.90 Å². The molecule has 0 saturated carbocycles. The summed E-state index contributed by atoms with van der Waals surface area (Å²) < 4.78 is 0.864. The van der Waals surface area contributed by atoms with Gasteiger partial charge in [-0.1, -0.05) is 22.0 Å². The number of carbonyl (C=O) groups excluding carboxylic acids is 2. The first-order valence-electron chi connectivity index (χ1n) is 7.59. The minimum absolute atomic E-state index is 0.246. The smallest absolute Gasteiger partial charge is 0.326 e. The van der Waals surface area contributed by atoms with E-state index < -0.39 is 17.9 Å². The summed E-state index contributed by atoms with van der Waals surface area (Å²) in [6, 6.07) is 6.57.